The van der Waals surface area contributed by atoms with E-state index < -0.39 is 0 Å². The van der Waals surface area contributed by atoms with Gasteiger partial charge in [0.2, 0.25) is 0 Å². The van der Waals surface area contributed by atoms with Crippen molar-refractivity contribution in [2.45, 2.75) is 31.9 Å². The molecule has 1 N–H and O–H groups in total. The molecule has 0 aromatic carbocycles. The molecule has 0 aromatic rings. The number of hydrogen-bond donors (Lipinski definition) is 1. The van der Waals surface area contributed by atoms with Gasteiger partial charge in [0.15, 0.2) is 0 Å². The summed E-state index contributed by atoms with van der Waals surface area (Å²) in [4.78, 5) is 2.54. The van der Waals surface area contributed by atoms with Crippen LogP contribution in [0.3, 0.4) is 0 Å². The zero-order chi connectivity index (χ0) is 12.1. The third kappa shape index (κ3) is 3.65. The van der Waals surface area contributed by atoms with Crippen molar-refractivity contribution in [1.29, 1.82) is 0 Å². The van der Waals surface area contributed by atoms with Gasteiger partial charge >= 0.3 is 0 Å². The Morgan fingerprint density at radius 3 is 2.94 bits per heavy atom. The summed E-state index contributed by atoms with van der Waals surface area (Å²) in [5, 5.41) is 3.46. The van der Waals surface area contributed by atoms with Crippen molar-refractivity contribution in [3.8, 4) is 0 Å². The summed E-state index contributed by atoms with van der Waals surface area (Å²) in [6.07, 6.45) is 2.75. The van der Waals surface area contributed by atoms with Gasteiger partial charge in [0.25, 0.3) is 0 Å². The van der Waals surface area contributed by atoms with Gasteiger partial charge < -0.3 is 14.8 Å². The molecule has 2 fully saturated rings. The van der Waals surface area contributed by atoms with Crippen molar-refractivity contribution in [2.75, 3.05) is 46.5 Å². The minimum absolute atomic E-state index is 0.432. The quantitative estimate of drug-likeness (QED) is 0.770. The standard InChI is InChI=1S/C13H26N2O2/c1-3-12-8-15(5-7-17-12)9-13(14-2)11-4-6-16-10-11/h11-14H,3-10H2,1-2H3. The molecule has 0 saturated carbocycles. The highest BCUT2D eigenvalue weighted by Crippen LogP contribution is 2.18. The maximum atomic E-state index is 5.71. The Bertz CT molecular complexity index is 219. The average Bonchev–Trinajstić information content (AvgIpc) is 2.90. The van der Waals surface area contributed by atoms with E-state index in [1.165, 1.54) is 6.42 Å². The van der Waals surface area contributed by atoms with E-state index in [1.807, 2.05) is 0 Å². The van der Waals surface area contributed by atoms with Gasteiger partial charge in [-0.2, -0.15) is 0 Å². The SMILES string of the molecule is CCC1CN(CC(NC)C2CCOC2)CCO1. The van der Waals surface area contributed by atoms with Crippen LogP contribution in [0.5, 0.6) is 0 Å². The summed E-state index contributed by atoms with van der Waals surface area (Å²) in [5.74, 6) is 0.683. The molecule has 2 heterocycles. The van der Waals surface area contributed by atoms with Crippen LogP contribution in [0.1, 0.15) is 19.8 Å². The first-order valence-corrected chi connectivity index (χ1v) is 6.92. The summed E-state index contributed by atoms with van der Waals surface area (Å²) in [6.45, 7) is 8.23. The first kappa shape index (κ1) is 13.3. The second-order valence-corrected chi connectivity index (χ2v) is 5.18. The molecule has 0 spiro atoms. The van der Waals surface area contributed by atoms with Gasteiger partial charge in [0.05, 0.1) is 19.3 Å². The lowest BCUT2D eigenvalue weighted by molar-refractivity contribution is -0.0338. The molecule has 2 saturated heterocycles. The van der Waals surface area contributed by atoms with Gasteiger partial charge in [-0.25, -0.2) is 0 Å². The highest BCUT2D eigenvalue weighted by Gasteiger charge is 2.28. The number of hydrogen-bond acceptors (Lipinski definition) is 4. The van der Waals surface area contributed by atoms with E-state index >= 15 is 0 Å². The number of nitrogens with one attached hydrogen (secondary N) is 1. The van der Waals surface area contributed by atoms with Gasteiger partial charge in [0.1, 0.15) is 0 Å². The monoisotopic (exact) mass is 242 g/mol. The van der Waals surface area contributed by atoms with E-state index in [4.69, 9.17) is 9.47 Å². The summed E-state index contributed by atoms with van der Waals surface area (Å²) in [5.41, 5.74) is 0. The van der Waals surface area contributed by atoms with Crippen LogP contribution in [0, 0.1) is 5.92 Å². The summed E-state index contributed by atoms with van der Waals surface area (Å²) < 4.78 is 11.2. The average molecular weight is 242 g/mol. The van der Waals surface area contributed by atoms with Crippen LogP contribution in [0.2, 0.25) is 0 Å². The Balaban J connectivity index is 1.80. The first-order valence-electron chi connectivity index (χ1n) is 6.92. The highest BCUT2D eigenvalue weighted by atomic mass is 16.5. The Morgan fingerprint density at radius 1 is 1.41 bits per heavy atom. The minimum atomic E-state index is 0.432. The lowest BCUT2D eigenvalue weighted by Crippen LogP contribution is -2.50. The smallest absolute Gasteiger partial charge is 0.0700 e. The maximum Gasteiger partial charge on any atom is 0.0700 e. The summed E-state index contributed by atoms with van der Waals surface area (Å²) in [6, 6.07) is 0.563. The Hall–Kier alpha value is -0.160. The van der Waals surface area contributed by atoms with E-state index in [9.17, 15) is 0 Å². The van der Waals surface area contributed by atoms with Gasteiger partial charge in [-0.3, -0.25) is 4.90 Å². The summed E-state index contributed by atoms with van der Waals surface area (Å²) in [7, 11) is 2.07. The number of likely N-dealkylation sites (N-methyl/N-ethyl adjacent to an activating group) is 1. The third-order valence-electron chi connectivity index (χ3n) is 4.04. The molecule has 3 atom stereocenters. The van der Waals surface area contributed by atoms with Crippen LogP contribution in [-0.2, 0) is 9.47 Å². The fourth-order valence-corrected chi connectivity index (χ4v) is 2.82. The van der Waals surface area contributed by atoms with Crippen LogP contribution in [0.25, 0.3) is 0 Å². The van der Waals surface area contributed by atoms with Gasteiger partial charge in [-0.1, -0.05) is 6.92 Å². The van der Waals surface area contributed by atoms with Crippen LogP contribution in [-0.4, -0.2) is 63.5 Å². The molecular formula is C13H26N2O2. The molecule has 100 valence electrons. The normalized spacial score (nSPS) is 32.8. The predicted molar refractivity (Wildman–Crippen MR) is 68.2 cm³/mol. The number of nitrogens with zero attached hydrogens (tertiary/aromatic N) is 1. The summed E-state index contributed by atoms with van der Waals surface area (Å²) >= 11 is 0. The van der Waals surface area contributed by atoms with Crippen LogP contribution in [0.15, 0.2) is 0 Å². The number of morpholine rings is 1. The molecule has 0 bridgehead atoms. The van der Waals surface area contributed by atoms with Gasteiger partial charge in [-0.05, 0) is 19.9 Å². The third-order valence-corrected chi connectivity index (χ3v) is 4.04. The molecule has 4 heteroatoms. The second kappa shape index (κ2) is 6.69. The van der Waals surface area contributed by atoms with Crippen LogP contribution in [0.4, 0.5) is 0 Å². The number of rotatable bonds is 5. The molecule has 0 aromatic heterocycles. The van der Waals surface area contributed by atoms with Gasteiger partial charge in [0, 0.05) is 38.2 Å². The van der Waals surface area contributed by atoms with E-state index in [1.54, 1.807) is 0 Å². The molecule has 17 heavy (non-hydrogen) atoms. The van der Waals surface area contributed by atoms with Crippen molar-refractivity contribution >= 4 is 0 Å². The zero-order valence-corrected chi connectivity index (χ0v) is 11.2. The fraction of sp³-hybridized carbons (Fsp3) is 1.00. The molecule has 0 amide bonds. The molecule has 3 unspecified atom stereocenters. The zero-order valence-electron chi connectivity index (χ0n) is 11.2. The van der Waals surface area contributed by atoms with Crippen LogP contribution >= 0.6 is 0 Å². The topological polar surface area (TPSA) is 33.7 Å². The minimum Gasteiger partial charge on any atom is -0.381 e. The molecule has 0 aliphatic carbocycles. The van der Waals surface area contributed by atoms with E-state index in [0.717, 1.165) is 45.9 Å². The van der Waals surface area contributed by atoms with E-state index in [0.29, 0.717) is 18.1 Å². The van der Waals surface area contributed by atoms with E-state index in [-0.39, 0.29) is 0 Å². The highest BCUT2D eigenvalue weighted by molar-refractivity contribution is 4.83. The fourth-order valence-electron chi connectivity index (χ4n) is 2.82. The number of ether oxygens (including phenoxy) is 2. The lowest BCUT2D eigenvalue weighted by atomic mass is 9.98. The Labute approximate surface area is 105 Å². The Kier molecular flexibility index (Phi) is 5.22. The molecule has 2 aliphatic rings. The second-order valence-electron chi connectivity index (χ2n) is 5.18. The largest absolute Gasteiger partial charge is 0.381 e. The van der Waals surface area contributed by atoms with E-state index in [2.05, 4.69) is 24.2 Å². The maximum absolute atomic E-state index is 5.71. The lowest BCUT2D eigenvalue weighted by Gasteiger charge is -2.36. The molecule has 4 nitrogen and oxygen atoms in total. The molecule has 2 aliphatic heterocycles. The molecular weight excluding hydrogens is 216 g/mol. The van der Waals surface area contributed by atoms with Crippen molar-refractivity contribution in [3.05, 3.63) is 0 Å². The molecule has 0 radical (unpaired) electrons. The van der Waals surface area contributed by atoms with Crippen molar-refractivity contribution in [2.24, 2.45) is 5.92 Å². The van der Waals surface area contributed by atoms with Gasteiger partial charge in [-0.15, -0.1) is 0 Å². The van der Waals surface area contributed by atoms with Crippen LogP contribution < -0.4 is 5.32 Å². The molecule has 2 rings (SSSR count). The van der Waals surface area contributed by atoms with Crippen molar-refractivity contribution < 1.29 is 9.47 Å². The predicted octanol–water partition coefficient (Wildman–Crippen LogP) is 0.722. The Morgan fingerprint density at radius 2 is 2.29 bits per heavy atom. The van der Waals surface area contributed by atoms with Crippen molar-refractivity contribution in [3.63, 3.8) is 0 Å². The first-order chi connectivity index (χ1) is 8.33. The van der Waals surface area contributed by atoms with Crippen molar-refractivity contribution in [1.82, 2.24) is 10.2 Å².